The fourth-order valence-corrected chi connectivity index (χ4v) is 3.26. The molecule has 0 spiro atoms. The number of ether oxygens (including phenoxy) is 1. The smallest absolute Gasteiger partial charge is 0.194 e. The van der Waals surface area contributed by atoms with Crippen LogP contribution in [0.25, 0.3) is 16.2 Å². The van der Waals surface area contributed by atoms with Gasteiger partial charge < -0.3 is 10.5 Å². The van der Waals surface area contributed by atoms with Gasteiger partial charge in [-0.05, 0) is 19.1 Å². The van der Waals surface area contributed by atoms with Gasteiger partial charge in [0.05, 0.1) is 24.2 Å². The molecule has 0 aliphatic heterocycles. The molecule has 0 fully saturated rings. The van der Waals surface area contributed by atoms with E-state index in [9.17, 15) is 0 Å². The summed E-state index contributed by atoms with van der Waals surface area (Å²) in [6.07, 6.45) is 0. The van der Waals surface area contributed by atoms with Crippen LogP contribution >= 0.6 is 11.3 Å². The van der Waals surface area contributed by atoms with Crippen LogP contribution in [0.1, 0.15) is 11.4 Å². The second-order valence-electron chi connectivity index (χ2n) is 4.29. The maximum absolute atomic E-state index is 5.85. The molecule has 0 saturated heterocycles. The first-order chi connectivity index (χ1) is 9.26. The lowest BCUT2D eigenvalue weighted by atomic mass is 10.1. The lowest BCUT2D eigenvalue weighted by Crippen LogP contribution is -2.03. The van der Waals surface area contributed by atoms with Crippen LogP contribution in [0.3, 0.4) is 0 Å². The Labute approximate surface area is 115 Å². The molecule has 2 aromatic heterocycles. The molecule has 0 aliphatic rings. The van der Waals surface area contributed by atoms with E-state index in [1.165, 1.54) is 0 Å². The molecule has 3 aromatic rings. The number of aryl methyl sites for hydroxylation is 1. The third kappa shape index (κ3) is 1.82. The number of nitrogens with zero attached hydrogens (tertiary/aromatic N) is 2. The van der Waals surface area contributed by atoms with Crippen LogP contribution < -0.4 is 10.5 Å². The van der Waals surface area contributed by atoms with E-state index < -0.39 is 0 Å². The zero-order valence-corrected chi connectivity index (χ0v) is 11.7. The number of hydrogen-bond donors (Lipinski definition) is 1. The predicted molar refractivity (Wildman–Crippen MR) is 77.7 cm³/mol. The van der Waals surface area contributed by atoms with Gasteiger partial charge in [0.1, 0.15) is 5.75 Å². The average Bonchev–Trinajstić information content (AvgIpc) is 2.96. The Kier molecular flexibility index (Phi) is 3.00. The van der Waals surface area contributed by atoms with Crippen molar-refractivity contribution in [3.8, 4) is 17.0 Å². The summed E-state index contributed by atoms with van der Waals surface area (Å²) in [5.74, 6) is 0.858. The van der Waals surface area contributed by atoms with Crippen LogP contribution in [-0.2, 0) is 6.54 Å². The number of fused-ring (bicyclic) bond motifs is 1. The minimum atomic E-state index is 0.478. The molecule has 0 radical (unpaired) electrons. The van der Waals surface area contributed by atoms with E-state index in [2.05, 4.69) is 20.8 Å². The van der Waals surface area contributed by atoms with E-state index in [1.807, 2.05) is 25.1 Å². The summed E-state index contributed by atoms with van der Waals surface area (Å²) < 4.78 is 7.56. The van der Waals surface area contributed by atoms with Gasteiger partial charge >= 0.3 is 0 Å². The van der Waals surface area contributed by atoms with Gasteiger partial charge in [0.25, 0.3) is 0 Å². The number of rotatable bonds is 3. The lowest BCUT2D eigenvalue weighted by molar-refractivity contribution is 0.416. The van der Waals surface area contributed by atoms with Gasteiger partial charge in [-0.3, -0.25) is 4.40 Å². The molecule has 5 heteroatoms. The summed E-state index contributed by atoms with van der Waals surface area (Å²) >= 11 is 1.62. The first-order valence-electron chi connectivity index (χ1n) is 6.05. The van der Waals surface area contributed by atoms with E-state index in [4.69, 9.17) is 10.5 Å². The van der Waals surface area contributed by atoms with Gasteiger partial charge in [-0.15, -0.1) is 11.3 Å². The highest BCUT2D eigenvalue weighted by Crippen LogP contribution is 2.34. The average molecular weight is 273 g/mol. The monoisotopic (exact) mass is 273 g/mol. The molecule has 0 unspecified atom stereocenters. The minimum Gasteiger partial charge on any atom is -0.496 e. The molecule has 0 amide bonds. The lowest BCUT2D eigenvalue weighted by Gasteiger charge is -2.08. The maximum atomic E-state index is 5.85. The van der Waals surface area contributed by atoms with Crippen molar-refractivity contribution in [1.29, 1.82) is 0 Å². The van der Waals surface area contributed by atoms with E-state index in [1.54, 1.807) is 18.4 Å². The summed E-state index contributed by atoms with van der Waals surface area (Å²) in [5, 5.41) is 2.10. The Balaban J connectivity index is 2.30. The Morgan fingerprint density at radius 1 is 1.37 bits per heavy atom. The van der Waals surface area contributed by atoms with Crippen LogP contribution in [0, 0.1) is 6.92 Å². The second-order valence-corrected chi connectivity index (χ2v) is 5.12. The van der Waals surface area contributed by atoms with Gasteiger partial charge in [0.15, 0.2) is 4.96 Å². The summed E-state index contributed by atoms with van der Waals surface area (Å²) in [5.41, 5.74) is 10.0. The maximum Gasteiger partial charge on any atom is 0.194 e. The first-order valence-corrected chi connectivity index (χ1v) is 6.93. The number of aromatic nitrogens is 2. The van der Waals surface area contributed by atoms with Crippen LogP contribution in [0.4, 0.5) is 0 Å². The van der Waals surface area contributed by atoms with Gasteiger partial charge in [-0.1, -0.05) is 12.1 Å². The van der Waals surface area contributed by atoms with Crippen LogP contribution in [0.15, 0.2) is 29.6 Å². The normalized spacial score (nSPS) is 11.1. The van der Waals surface area contributed by atoms with Crippen molar-refractivity contribution in [2.75, 3.05) is 7.11 Å². The summed E-state index contributed by atoms with van der Waals surface area (Å²) in [6, 6.07) is 7.99. The number of benzene rings is 1. The largest absolute Gasteiger partial charge is 0.496 e. The summed E-state index contributed by atoms with van der Waals surface area (Å²) in [7, 11) is 1.69. The number of thiazole rings is 1. The Morgan fingerprint density at radius 2 is 2.16 bits per heavy atom. The number of imidazole rings is 1. The third-order valence-electron chi connectivity index (χ3n) is 3.24. The van der Waals surface area contributed by atoms with Crippen molar-refractivity contribution in [2.45, 2.75) is 13.5 Å². The molecule has 98 valence electrons. The highest BCUT2D eigenvalue weighted by molar-refractivity contribution is 7.15. The van der Waals surface area contributed by atoms with Crippen LogP contribution in [0.2, 0.25) is 0 Å². The highest BCUT2D eigenvalue weighted by Gasteiger charge is 2.16. The fourth-order valence-electron chi connectivity index (χ4n) is 2.30. The van der Waals surface area contributed by atoms with Crippen molar-refractivity contribution >= 4 is 16.3 Å². The topological polar surface area (TPSA) is 52.5 Å². The van der Waals surface area contributed by atoms with Crippen molar-refractivity contribution in [1.82, 2.24) is 9.38 Å². The van der Waals surface area contributed by atoms with Gasteiger partial charge in [0, 0.05) is 17.5 Å². The SMILES string of the molecule is COc1ccccc1-c1csc2nc(C)c(CN)n12. The number of para-hydroxylation sites is 1. The van der Waals surface area contributed by atoms with Gasteiger partial charge in [-0.2, -0.15) is 0 Å². The van der Waals surface area contributed by atoms with Gasteiger partial charge in [-0.25, -0.2) is 4.98 Å². The minimum absolute atomic E-state index is 0.478. The number of methoxy groups -OCH3 is 1. The Bertz CT molecular complexity index is 729. The molecule has 2 heterocycles. The molecule has 1 aromatic carbocycles. The van der Waals surface area contributed by atoms with E-state index in [0.717, 1.165) is 33.4 Å². The predicted octanol–water partition coefficient (Wildman–Crippen LogP) is 2.84. The molecule has 2 N–H and O–H groups in total. The molecule has 3 rings (SSSR count). The second kappa shape index (κ2) is 4.68. The van der Waals surface area contributed by atoms with Crippen molar-refractivity contribution in [2.24, 2.45) is 5.73 Å². The van der Waals surface area contributed by atoms with Crippen molar-refractivity contribution in [3.63, 3.8) is 0 Å². The molecule has 4 nitrogen and oxygen atoms in total. The molecule has 0 bridgehead atoms. The molecule has 0 atom stereocenters. The summed E-state index contributed by atoms with van der Waals surface area (Å²) in [6.45, 7) is 2.47. The highest BCUT2D eigenvalue weighted by atomic mass is 32.1. The van der Waals surface area contributed by atoms with Crippen molar-refractivity contribution in [3.05, 3.63) is 41.0 Å². The number of nitrogens with two attached hydrogens (primary N) is 1. The quantitative estimate of drug-likeness (QED) is 0.798. The van der Waals surface area contributed by atoms with E-state index in [0.29, 0.717) is 6.54 Å². The zero-order chi connectivity index (χ0) is 13.4. The molecular weight excluding hydrogens is 258 g/mol. The zero-order valence-electron chi connectivity index (χ0n) is 10.9. The van der Waals surface area contributed by atoms with Crippen LogP contribution in [-0.4, -0.2) is 16.5 Å². The molecular formula is C14H15N3OS. The summed E-state index contributed by atoms with van der Waals surface area (Å²) in [4.78, 5) is 5.52. The Morgan fingerprint density at radius 3 is 2.89 bits per heavy atom. The number of hydrogen-bond acceptors (Lipinski definition) is 4. The molecule has 0 aliphatic carbocycles. The van der Waals surface area contributed by atoms with Gasteiger partial charge in [0.2, 0.25) is 0 Å². The fraction of sp³-hybridized carbons (Fsp3) is 0.214. The standard InChI is InChI=1S/C14H15N3OS/c1-9-11(7-15)17-12(8-19-14(17)16-9)10-5-3-4-6-13(10)18-2/h3-6,8H,7,15H2,1-2H3. The molecule has 0 saturated carbocycles. The molecule has 19 heavy (non-hydrogen) atoms. The first kappa shape index (κ1) is 12.2. The third-order valence-corrected chi connectivity index (χ3v) is 4.06. The van der Waals surface area contributed by atoms with E-state index in [-0.39, 0.29) is 0 Å². The van der Waals surface area contributed by atoms with Crippen molar-refractivity contribution < 1.29 is 4.74 Å². The van der Waals surface area contributed by atoms with E-state index >= 15 is 0 Å². The Hall–Kier alpha value is -1.85. The van der Waals surface area contributed by atoms with Crippen LogP contribution in [0.5, 0.6) is 5.75 Å².